The smallest absolute Gasteiger partial charge is 0.202 e. The van der Waals surface area contributed by atoms with Gasteiger partial charge in [0.15, 0.2) is 5.84 Å². The largest absolute Gasteiger partial charge is 0.298 e. The van der Waals surface area contributed by atoms with Gasteiger partial charge in [-0.3, -0.25) is 4.90 Å². The van der Waals surface area contributed by atoms with E-state index in [1.807, 2.05) is 6.07 Å². The fourth-order valence-corrected chi connectivity index (χ4v) is 3.78. The third kappa shape index (κ3) is 1.46. The number of hydroxylamine groups is 1. The first kappa shape index (κ1) is 10.1. The number of amidine groups is 1. The number of thiophene rings is 1. The molecule has 0 aromatic carbocycles. The van der Waals surface area contributed by atoms with Gasteiger partial charge in [-0.05, 0) is 37.4 Å². The number of piperidine rings is 3. The van der Waals surface area contributed by atoms with Crippen molar-refractivity contribution in [2.24, 2.45) is 10.9 Å². The van der Waals surface area contributed by atoms with Crippen molar-refractivity contribution >= 4 is 17.2 Å². The third-order valence-corrected chi connectivity index (χ3v) is 4.93. The first-order valence-electron chi connectivity index (χ1n) is 6.16. The monoisotopic (exact) mass is 249 g/mol. The lowest BCUT2D eigenvalue weighted by Crippen LogP contribution is -2.58. The van der Waals surface area contributed by atoms with E-state index in [0.717, 1.165) is 12.4 Å². The summed E-state index contributed by atoms with van der Waals surface area (Å²) in [7, 11) is 0. The van der Waals surface area contributed by atoms with Gasteiger partial charge in [0.25, 0.3) is 0 Å². The van der Waals surface area contributed by atoms with Crippen LogP contribution in [-0.2, 0) is 4.84 Å². The van der Waals surface area contributed by atoms with E-state index in [4.69, 9.17) is 9.83 Å². The van der Waals surface area contributed by atoms with Gasteiger partial charge in [-0.15, -0.1) is 11.3 Å². The normalized spacial score (nSPS) is 39.4. The van der Waals surface area contributed by atoms with Crippen LogP contribution in [0.3, 0.4) is 0 Å². The predicted molar refractivity (Wildman–Crippen MR) is 67.0 cm³/mol. The summed E-state index contributed by atoms with van der Waals surface area (Å²) in [5.74, 6) is 1.49. The summed E-state index contributed by atoms with van der Waals surface area (Å²) in [5, 5.41) is 2.07. The molecule has 0 amide bonds. The highest BCUT2D eigenvalue weighted by Crippen LogP contribution is 2.41. The Bertz CT molecular complexity index is 450. The van der Waals surface area contributed by atoms with Crippen LogP contribution in [0.15, 0.2) is 22.5 Å². The molecule has 5 heterocycles. The zero-order valence-electron chi connectivity index (χ0n) is 9.56. The molecule has 90 valence electrons. The van der Waals surface area contributed by atoms with Gasteiger partial charge in [-0.25, -0.2) is 15.3 Å². The molecule has 0 aliphatic carbocycles. The van der Waals surface area contributed by atoms with Crippen LogP contribution in [0.1, 0.15) is 17.7 Å². The number of hydrogen-bond donors (Lipinski definition) is 1. The molecule has 0 radical (unpaired) electrons. The molecule has 1 spiro atoms. The quantitative estimate of drug-likeness (QED) is 0.818. The second kappa shape index (κ2) is 3.54. The number of aliphatic imine (C=N–C) groups is 1. The Morgan fingerprint density at radius 3 is 3.00 bits per heavy atom. The maximum Gasteiger partial charge on any atom is 0.202 e. The molecule has 1 aromatic rings. The first-order chi connectivity index (χ1) is 8.36. The third-order valence-electron chi connectivity index (χ3n) is 4.06. The molecule has 17 heavy (non-hydrogen) atoms. The van der Waals surface area contributed by atoms with Crippen molar-refractivity contribution in [3.8, 4) is 0 Å². The summed E-state index contributed by atoms with van der Waals surface area (Å²) in [6, 6.07) is 4.13. The maximum absolute atomic E-state index is 5.86. The number of nitrogens with one attached hydrogen (secondary N) is 1. The van der Waals surface area contributed by atoms with Gasteiger partial charge in [-0.1, -0.05) is 6.07 Å². The van der Waals surface area contributed by atoms with E-state index in [2.05, 4.69) is 21.8 Å². The highest BCUT2D eigenvalue weighted by molar-refractivity contribution is 7.12. The number of hydrogen-bond acceptors (Lipinski definition) is 5. The van der Waals surface area contributed by atoms with E-state index >= 15 is 0 Å². The Kier molecular flexibility index (Phi) is 2.09. The van der Waals surface area contributed by atoms with Crippen LogP contribution in [0.4, 0.5) is 0 Å². The molecule has 0 saturated carbocycles. The molecule has 1 aromatic heterocycles. The minimum atomic E-state index is -0.310. The summed E-state index contributed by atoms with van der Waals surface area (Å²) >= 11 is 1.70. The first-order valence-corrected chi connectivity index (χ1v) is 7.04. The summed E-state index contributed by atoms with van der Waals surface area (Å²) in [6.07, 6.45) is 2.42. The molecule has 1 atom stereocenters. The van der Waals surface area contributed by atoms with Gasteiger partial charge < -0.3 is 0 Å². The van der Waals surface area contributed by atoms with Crippen molar-refractivity contribution in [1.29, 1.82) is 0 Å². The fourth-order valence-electron chi connectivity index (χ4n) is 3.12. The summed E-state index contributed by atoms with van der Waals surface area (Å²) in [4.78, 5) is 14.3. The van der Waals surface area contributed by atoms with Crippen LogP contribution >= 0.6 is 11.3 Å². The van der Waals surface area contributed by atoms with Crippen LogP contribution in [0, 0.1) is 5.92 Å². The molecule has 5 rings (SSSR count). The minimum absolute atomic E-state index is 0.310. The Labute approximate surface area is 104 Å². The molecular weight excluding hydrogens is 234 g/mol. The number of nitrogens with zero attached hydrogens (tertiary/aromatic N) is 2. The van der Waals surface area contributed by atoms with E-state index in [1.54, 1.807) is 11.3 Å². The van der Waals surface area contributed by atoms with Gasteiger partial charge >= 0.3 is 0 Å². The van der Waals surface area contributed by atoms with E-state index < -0.39 is 0 Å². The van der Waals surface area contributed by atoms with Gasteiger partial charge in [0.2, 0.25) is 5.72 Å². The summed E-state index contributed by atoms with van der Waals surface area (Å²) in [5.41, 5.74) is 2.73. The molecule has 4 aliphatic rings. The Morgan fingerprint density at radius 2 is 2.35 bits per heavy atom. The van der Waals surface area contributed by atoms with Gasteiger partial charge in [-0.2, -0.15) is 0 Å². The van der Waals surface area contributed by atoms with Gasteiger partial charge in [0.05, 0.1) is 11.4 Å². The second-order valence-corrected chi connectivity index (χ2v) is 5.98. The van der Waals surface area contributed by atoms with Crippen molar-refractivity contribution in [2.45, 2.75) is 18.6 Å². The SMILES string of the molecule is c1csc(C2=NC3(CN4CCC3CC4)ON2)c1. The molecule has 4 nitrogen and oxygen atoms in total. The van der Waals surface area contributed by atoms with Crippen LogP contribution in [-0.4, -0.2) is 36.1 Å². The Balaban J connectivity index is 1.68. The van der Waals surface area contributed by atoms with E-state index in [-0.39, 0.29) is 5.72 Å². The Morgan fingerprint density at radius 1 is 1.47 bits per heavy atom. The summed E-state index contributed by atoms with van der Waals surface area (Å²) < 4.78 is 0. The van der Waals surface area contributed by atoms with E-state index in [1.165, 1.54) is 30.8 Å². The van der Waals surface area contributed by atoms with Crippen molar-refractivity contribution in [3.63, 3.8) is 0 Å². The zero-order chi connectivity index (χ0) is 11.3. The molecule has 3 saturated heterocycles. The molecule has 2 bridgehead atoms. The van der Waals surface area contributed by atoms with Gasteiger partial charge in [0, 0.05) is 5.92 Å². The summed E-state index contributed by atoms with van der Waals surface area (Å²) in [6.45, 7) is 3.36. The van der Waals surface area contributed by atoms with Crippen LogP contribution < -0.4 is 5.48 Å². The zero-order valence-corrected chi connectivity index (χ0v) is 10.4. The molecule has 1 unspecified atom stereocenters. The van der Waals surface area contributed by atoms with Crippen molar-refractivity contribution < 1.29 is 4.84 Å². The lowest BCUT2D eigenvalue weighted by Gasteiger charge is -2.47. The Hall–Kier alpha value is -0.910. The van der Waals surface area contributed by atoms with E-state index in [9.17, 15) is 0 Å². The topological polar surface area (TPSA) is 36.9 Å². The predicted octanol–water partition coefficient (Wildman–Crippen LogP) is 1.45. The average molecular weight is 249 g/mol. The van der Waals surface area contributed by atoms with Crippen LogP contribution in [0.5, 0.6) is 0 Å². The van der Waals surface area contributed by atoms with Crippen molar-refractivity contribution in [1.82, 2.24) is 10.4 Å². The lowest BCUT2D eigenvalue weighted by molar-refractivity contribution is -0.155. The molecule has 3 fully saturated rings. The molecular formula is C12H15N3OS. The van der Waals surface area contributed by atoms with Gasteiger partial charge in [0.1, 0.15) is 0 Å². The average Bonchev–Trinajstić information content (AvgIpc) is 3.00. The van der Waals surface area contributed by atoms with Crippen molar-refractivity contribution in [2.75, 3.05) is 19.6 Å². The standard InChI is InChI=1S/C12H15N3OS/c1-2-10(17-7-1)11-13-12(16-14-11)8-15-5-3-9(12)4-6-15/h1-2,7,9H,3-6,8H2,(H,13,14). The van der Waals surface area contributed by atoms with Crippen molar-refractivity contribution in [3.05, 3.63) is 22.4 Å². The highest BCUT2D eigenvalue weighted by Gasteiger charge is 2.51. The van der Waals surface area contributed by atoms with Crippen LogP contribution in [0.25, 0.3) is 0 Å². The fraction of sp³-hybridized carbons (Fsp3) is 0.583. The maximum atomic E-state index is 5.86. The molecule has 5 heteroatoms. The number of rotatable bonds is 1. The molecule has 1 N–H and O–H groups in total. The van der Waals surface area contributed by atoms with E-state index in [0.29, 0.717) is 5.92 Å². The highest BCUT2D eigenvalue weighted by atomic mass is 32.1. The second-order valence-electron chi connectivity index (χ2n) is 5.04. The number of fused-ring (bicyclic) bond motifs is 2. The van der Waals surface area contributed by atoms with Crippen LogP contribution in [0.2, 0.25) is 0 Å². The lowest BCUT2D eigenvalue weighted by atomic mass is 9.81. The molecule has 4 aliphatic heterocycles. The minimum Gasteiger partial charge on any atom is -0.298 e.